The third-order valence-corrected chi connectivity index (χ3v) is 2.20. The molecule has 1 aromatic carbocycles. The Balaban J connectivity index is 2.95. The number of amides is 1. The molecule has 1 amide bonds. The number of halogens is 3. The molecule has 0 aliphatic carbocycles. The first kappa shape index (κ1) is 16.3. The van der Waals surface area contributed by atoms with E-state index in [1.165, 1.54) is 18.2 Å². The number of carbonyl (C=O) groups excluding carboxylic acids is 1. The number of aliphatic hydroxyl groups excluding tert-OH is 1. The first-order valence-corrected chi connectivity index (χ1v) is 5.84. The van der Waals surface area contributed by atoms with Gasteiger partial charge in [0.25, 0.3) is 0 Å². The van der Waals surface area contributed by atoms with E-state index >= 15 is 0 Å². The summed E-state index contributed by atoms with van der Waals surface area (Å²) in [4.78, 5) is 11.6. The van der Waals surface area contributed by atoms with Crippen LogP contribution < -0.4 is 5.32 Å². The average molecular weight is 291 g/mol. The van der Waals surface area contributed by atoms with Gasteiger partial charge in [0.15, 0.2) is 6.10 Å². The highest BCUT2D eigenvalue weighted by Gasteiger charge is 2.40. The number of alkyl halides is 3. The summed E-state index contributed by atoms with van der Waals surface area (Å²) >= 11 is 0. The molecule has 2 N–H and O–H groups in total. The third-order valence-electron chi connectivity index (χ3n) is 2.20. The lowest BCUT2D eigenvalue weighted by molar-refractivity contribution is -0.206. The van der Waals surface area contributed by atoms with Gasteiger partial charge in [-0.1, -0.05) is 18.2 Å². The van der Waals surface area contributed by atoms with Crippen LogP contribution in [0.15, 0.2) is 24.3 Å². The maximum atomic E-state index is 12.5. The Kier molecular flexibility index (Phi) is 4.65. The maximum Gasteiger partial charge on any atom is 0.418 e. The zero-order valence-electron chi connectivity index (χ0n) is 11.3. The first-order chi connectivity index (χ1) is 9.00. The molecule has 20 heavy (non-hydrogen) atoms. The largest absolute Gasteiger partial charge is 0.444 e. The van der Waals surface area contributed by atoms with Crippen molar-refractivity contribution in [3.8, 4) is 0 Å². The van der Waals surface area contributed by atoms with Crippen LogP contribution in [-0.2, 0) is 4.74 Å². The quantitative estimate of drug-likeness (QED) is 0.874. The van der Waals surface area contributed by atoms with Gasteiger partial charge in [0, 0.05) is 5.56 Å². The topological polar surface area (TPSA) is 58.6 Å². The smallest absolute Gasteiger partial charge is 0.418 e. The summed E-state index contributed by atoms with van der Waals surface area (Å²) in [5.74, 6) is 0. The molecule has 0 saturated carbocycles. The number of benzene rings is 1. The van der Waals surface area contributed by atoms with Gasteiger partial charge in [-0.15, -0.1) is 0 Å². The van der Waals surface area contributed by atoms with Gasteiger partial charge >= 0.3 is 12.3 Å². The van der Waals surface area contributed by atoms with E-state index in [1.54, 1.807) is 20.8 Å². The van der Waals surface area contributed by atoms with E-state index < -0.39 is 29.5 Å². The molecule has 0 radical (unpaired) electrons. The van der Waals surface area contributed by atoms with Crippen molar-refractivity contribution in [3.05, 3.63) is 29.8 Å². The first-order valence-electron chi connectivity index (χ1n) is 5.84. The second-order valence-corrected chi connectivity index (χ2v) is 5.16. The van der Waals surface area contributed by atoms with Gasteiger partial charge < -0.3 is 9.84 Å². The Morgan fingerprint density at radius 3 is 2.30 bits per heavy atom. The predicted octanol–water partition coefficient (Wildman–Crippen LogP) is 3.63. The summed E-state index contributed by atoms with van der Waals surface area (Å²) in [6.45, 7) is 4.88. The van der Waals surface area contributed by atoms with Gasteiger partial charge in [0.1, 0.15) is 5.60 Å². The van der Waals surface area contributed by atoms with Crippen LogP contribution in [0.4, 0.5) is 23.7 Å². The summed E-state index contributed by atoms with van der Waals surface area (Å²) in [6, 6.07) is 5.13. The zero-order chi connectivity index (χ0) is 15.6. The van der Waals surface area contributed by atoms with Crippen molar-refractivity contribution < 1.29 is 27.8 Å². The molecule has 0 aliphatic heterocycles. The molecule has 1 rings (SSSR count). The van der Waals surface area contributed by atoms with E-state index in [-0.39, 0.29) is 5.69 Å². The Morgan fingerprint density at radius 2 is 1.80 bits per heavy atom. The Morgan fingerprint density at radius 1 is 1.25 bits per heavy atom. The van der Waals surface area contributed by atoms with Crippen molar-refractivity contribution in [2.75, 3.05) is 5.32 Å². The van der Waals surface area contributed by atoms with Crippen molar-refractivity contribution in [3.63, 3.8) is 0 Å². The molecule has 1 aromatic rings. The fraction of sp³-hybridized carbons (Fsp3) is 0.462. The van der Waals surface area contributed by atoms with E-state index in [2.05, 4.69) is 5.32 Å². The van der Waals surface area contributed by atoms with Crippen molar-refractivity contribution >= 4 is 11.8 Å². The Bertz CT molecular complexity index is 480. The van der Waals surface area contributed by atoms with E-state index in [0.717, 1.165) is 6.07 Å². The van der Waals surface area contributed by atoms with Crippen LogP contribution in [-0.4, -0.2) is 23.0 Å². The maximum absolute atomic E-state index is 12.5. The highest BCUT2D eigenvalue weighted by molar-refractivity contribution is 5.86. The normalized spacial score (nSPS) is 13.8. The molecule has 112 valence electrons. The van der Waals surface area contributed by atoms with Crippen LogP contribution in [0, 0.1) is 0 Å². The second-order valence-electron chi connectivity index (χ2n) is 5.16. The molecular formula is C13H16F3NO3. The molecule has 0 bridgehead atoms. The SMILES string of the molecule is CC(C)(C)OC(=O)Nc1ccccc1[C@H](O)C(F)(F)F. The minimum absolute atomic E-state index is 0.147. The number of aliphatic hydroxyl groups is 1. The molecular weight excluding hydrogens is 275 g/mol. The summed E-state index contributed by atoms with van der Waals surface area (Å²) in [5.41, 5.74) is -1.36. The summed E-state index contributed by atoms with van der Waals surface area (Å²) in [6.07, 6.45) is -8.38. The van der Waals surface area contributed by atoms with Gasteiger partial charge in [-0.3, -0.25) is 5.32 Å². The number of hydrogen-bond acceptors (Lipinski definition) is 3. The van der Waals surface area contributed by atoms with Gasteiger partial charge in [-0.05, 0) is 26.8 Å². The van der Waals surface area contributed by atoms with Crippen LogP contribution in [0.3, 0.4) is 0 Å². The van der Waals surface area contributed by atoms with Crippen molar-refractivity contribution in [1.29, 1.82) is 0 Å². The number of anilines is 1. The average Bonchev–Trinajstić information content (AvgIpc) is 2.24. The van der Waals surface area contributed by atoms with E-state index in [1.807, 2.05) is 0 Å². The number of nitrogens with one attached hydrogen (secondary N) is 1. The second kappa shape index (κ2) is 5.70. The monoisotopic (exact) mass is 291 g/mol. The minimum Gasteiger partial charge on any atom is -0.444 e. The third kappa shape index (κ3) is 4.73. The van der Waals surface area contributed by atoms with E-state index in [4.69, 9.17) is 4.74 Å². The minimum atomic E-state index is -4.81. The van der Waals surface area contributed by atoms with Crippen LogP contribution in [0.25, 0.3) is 0 Å². The molecule has 0 spiro atoms. The fourth-order valence-electron chi connectivity index (χ4n) is 1.44. The number of carbonyl (C=O) groups is 1. The molecule has 7 heteroatoms. The molecule has 1 atom stereocenters. The van der Waals surface area contributed by atoms with Crippen LogP contribution >= 0.6 is 0 Å². The number of ether oxygens (including phenoxy) is 1. The molecule has 0 fully saturated rings. The van der Waals surface area contributed by atoms with Crippen molar-refractivity contribution in [1.82, 2.24) is 0 Å². The number of para-hydroxylation sites is 1. The highest BCUT2D eigenvalue weighted by Crippen LogP contribution is 2.36. The Labute approximate surface area is 114 Å². The number of hydrogen-bond donors (Lipinski definition) is 2. The summed E-state index contributed by atoms with van der Waals surface area (Å²) in [7, 11) is 0. The predicted molar refractivity (Wildman–Crippen MR) is 67.3 cm³/mol. The van der Waals surface area contributed by atoms with E-state index in [9.17, 15) is 23.1 Å². The van der Waals surface area contributed by atoms with Crippen molar-refractivity contribution in [2.45, 2.75) is 38.7 Å². The summed E-state index contributed by atoms with van der Waals surface area (Å²) in [5, 5.41) is 11.5. The van der Waals surface area contributed by atoms with Crippen molar-refractivity contribution in [2.24, 2.45) is 0 Å². The van der Waals surface area contributed by atoms with Crippen LogP contribution in [0.1, 0.15) is 32.4 Å². The van der Waals surface area contributed by atoms with Crippen LogP contribution in [0.2, 0.25) is 0 Å². The van der Waals surface area contributed by atoms with Gasteiger partial charge in [0.2, 0.25) is 0 Å². The number of rotatable bonds is 2. The zero-order valence-corrected chi connectivity index (χ0v) is 11.3. The lowest BCUT2D eigenvalue weighted by atomic mass is 10.1. The highest BCUT2D eigenvalue weighted by atomic mass is 19.4. The van der Waals surface area contributed by atoms with Crippen LogP contribution in [0.5, 0.6) is 0 Å². The lowest BCUT2D eigenvalue weighted by Crippen LogP contribution is -2.28. The molecule has 0 aromatic heterocycles. The fourth-order valence-corrected chi connectivity index (χ4v) is 1.44. The molecule has 0 unspecified atom stereocenters. The van der Waals surface area contributed by atoms with Gasteiger partial charge in [0.05, 0.1) is 5.69 Å². The molecule has 0 aliphatic rings. The van der Waals surface area contributed by atoms with E-state index in [0.29, 0.717) is 0 Å². The summed E-state index contributed by atoms with van der Waals surface area (Å²) < 4.78 is 42.5. The van der Waals surface area contributed by atoms with Gasteiger partial charge in [-0.2, -0.15) is 13.2 Å². The Hall–Kier alpha value is -1.76. The van der Waals surface area contributed by atoms with Gasteiger partial charge in [-0.25, -0.2) is 4.79 Å². The molecule has 0 saturated heterocycles. The lowest BCUT2D eigenvalue weighted by Gasteiger charge is -2.22. The molecule has 0 heterocycles. The standard InChI is InChI=1S/C13H16F3NO3/c1-12(2,3)20-11(19)17-9-7-5-4-6-8(9)10(18)13(14,15)16/h4-7,10,18H,1-3H3,(H,17,19)/t10-/m0/s1. The molecule has 4 nitrogen and oxygen atoms in total.